The second-order valence-electron chi connectivity index (χ2n) is 2.43. The predicted octanol–water partition coefficient (Wildman–Crippen LogP) is 2.11. The lowest BCUT2D eigenvalue weighted by Crippen LogP contribution is -1.96. The van der Waals surface area contributed by atoms with Crippen molar-refractivity contribution in [3.05, 3.63) is 0 Å². The lowest BCUT2D eigenvalue weighted by Gasteiger charge is -2.02. The minimum Gasteiger partial charge on any atom is -0.222 e. The van der Waals surface area contributed by atoms with Gasteiger partial charge >= 0.3 is 0 Å². The fourth-order valence-corrected chi connectivity index (χ4v) is 0.625. The maximum absolute atomic E-state index is 10.3. The van der Waals surface area contributed by atoms with E-state index in [1.165, 1.54) is 0 Å². The molecule has 0 aliphatic heterocycles. The Balaban J connectivity index is 2.93. The van der Waals surface area contributed by atoms with Crippen LogP contribution in [-0.4, -0.2) is 5.44 Å². The van der Waals surface area contributed by atoms with Crippen LogP contribution in [-0.2, 0) is 5.11 Å². The molecule has 1 nitrogen and oxygen atoms in total. The molecule has 1 atom stereocenters. The molecule has 0 bridgehead atoms. The molecule has 0 aromatic carbocycles. The second kappa shape index (κ2) is 4.21. The molecule has 0 aliphatic carbocycles. The van der Waals surface area contributed by atoms with E-state index in [9.17, 15) is 5.11 Å². The molecule has 0 N–H and O–H groups in total. The first-order chi connectivity index (χ1) is 3.63. The van der Waals surface area contributed by atoms with Gasteiger partial charge in [-0.05, 0) is 18.8 Å². The summed E-state index contributed by atoms with van der Waals surface area (Å²) in [5, 5.41) is 10.3. The highest BCUT2D eigenvalue weighted by molar-refractivity contribution is 7.80. The quantitative estimate of drug-likeness (QED) is 0.449. The summed E-state index contributed by atoms with van der Waals surface area (Å²) in [4.78, 5) is 0. The van der Waals surface area contributed by atoms with E-state index in [2.05, 4.69) is 26.5 Å². The maximum Gasteiger partial charge on any atom is 0.136 e. The standard InChI is InChI=1S/C6H13OS/c1-5(2)3-4-6(7)8/h5-6,8H,3-4H2,1-2H3. The number of hydrogen-bond donors (Lipinski definition) is 1. The van der Waals surface area contributed by atoms with Gasteiger partial charge in [-0.3, -0.25) is 0 Å². The third-order valence-electron chi connectivity index (χ3n) is 0.991. The zero-order valence-corrected chi connectivity index (χ0v) is 6.32. The summed E-state index contributed by atoms with van der Waals surface area (Å²) >= 11 is 3.72. The fourth-order valence-electron chi connectivity index (χ4n) is 0.476. The van der Waals surface area contributed by atoms with Crippen molar-refractivity contribution >= 4 is 12.6 Å². The van der Waals surface area contributed by atoms with Gasteiger partial charge in [0.25, 0.3) is 0 Å². The Hall–Kier alpha value is 0.310. The molecule has 1 unspecified atom stereocenters. The third kappa shape index (κ3) is 6.31. The predicted molar refractivity (Wildman–Crippen MR) is 37.5 cm³/mol. The molecule has 0 saturated heterocycles. The summed E-state index contributed by atoms with van der Waals surface area (Å²) in [5.41, 5.74) is -0.669. The molecule has 0 spiro atoms. The molecule has 8 heavy (non-hydrogen) atoms. The highest BCUT2D eigenvalue weighted by Gasteiger charge is 1.99. The molecule has 0 amide bonds. The zero-order valence-electron chi connectivity index (χ0n) is 5.42. The Morgan fingerprint density at radius 2 is 1.88 bits per heavy atom. The first kappa shape index (κ1) is 8.31. The molecule has 0 fully saturated rings. The normalized spacial score (nSPS) is 14.6. The molecule has 0 aromatic heterocycles. The van der Waals surface area contributed by atoms with Gasteiger partial charge in [0, 0.05) is 0 Å². The van der Waals surface area contributed by atoms with Crippen molar-refractivity contribution in [3.8, 4) is 0 Å². The van der Waals surface area contributed by atoms with Crippen molar-refractivity contribution in [1.29, 1.82) is 0 Å². The van der Waals surface area contributed by atoms with Gasteiger partial charge in [0.1, 0.15) is 5.44 Å². The first-order valence-electron chi connectivity index (χ1n) is 2.97. The smallest absolute Gasteiger partial charge is 0.136 e. The molecular weight excluding hydrogens is 120 g/mol. The summed E-state index contributed by atoms with van der Waals surface area (Å²) < 4.78 is 0. The van der Waals surface area contributed by atoms with Crippen molar-refractivity contribution < 1.29 is 5.11 Å². The summed E-state index contributed by atoms with van der Waals surface area (Å²) in [6, 6.07) is 0. The van der Waals surface area contributed by atoms with Crippen LogP contribution in [0.15, 0.2) is 0 Å². The topological polar surface area (TPSA) is 19.9 Å². The van der Waals surface area contributed by atoms with E-state index in [1.54, 1.807) is 0 Å². The van der Waals surface area contributed by atoms with E-state index < -0.39 is 5.44 Å². The van der Waals surface area contributed by atoms with E-state index in [4.69, 9.17) is 0 Å². The van der Waals surface area contributed by atoms with Crippen LogP contribution >= 0.6 is 12.6 Å². The largest absolute Gasteiger partial charge is 0.222 e. The first-order valence-corrected chi connectivity index (χ1v) is 3.48. The van der Waals surface area contributed by atoms with E-state index in [-0.39, 0.29) is 0 Å². The van der Waals surface area contributed by atoms with Gasteiger partial charge in [-0.1, -0.05) is 13.8 Å². The molecule has 49 valence electrons. The minimum absolute atomic E-state index is 0.638. The Labute approximate surface area is 56.5 Å². The zero-order chi connectivity index (χ0) is 6.57. The van der Waals surface area contributed by atoms with Gasteiger partial charge in [-0.15, -0.1) is 12.6 Å². The summed E-state index contributed by atoms with van der Waals surface area (Å²) in [6.07, 6.45) is 1.69. The third-order valence-corrected chi connectivity index (χ3v) is 1.25. The summed E-state index contributed by atoms with van der Waals surface area (Å²) in [7, 11) is 0. The van der Waals surface area contributed by atoms with E-state index in [0.29, 0.717) is 12.3 Å². The van der Waals surface area contributed by atoms with Gasteiger partial charge in [0.05, 0.1) is 0 Å². The van der Waals surface area contributed by atoms with Gasteiger partial charge in [0.15, 0.2) is 0 Å². The monoisotopic (exact) mass is 133 g/mol. The number of rotatable bonds is 3. The van der Waals surface area contributed by atoms with Crippen molar-refractivity contribution in [2.24, 2.45) is 5.92 Å². The van der Waals surface area contributed by atoms with Gasteiger partial charge in [0.2, 0.25) is 0 Å². The number of thiol groups is 1. The van der Waals surface area contributed by atoms with Crippen molar-refractivity contribution in [3.63, 3.8) is 0 Å². The highest BCUT2D eigenvalue weighted by atomic mass is 32.1. The molecule has 0 aliphatic rings. The minimum atomic E-state index is -0.669. The van der Waals surface area contributed by atoms with Crippen LogP contribution in [0.3, 0.4) is 0 Å². The van der Waals surface area contributed by atoms with E-state index in [0.717, 1.165) is 6.42 Å². The molecular formula is C6H13OS. The second-order valence-corrected chi connectivity index (χ2v) is 3.00. The Bertz CT molecular complexity index is 44.5. The van der Waals surface area contributed by atoms with Crippen molar-refractivity contribution in [2.75, 3.05) is 0 Å². The molecule has 0 saturated carbocycles. The lowest BCUT2D eigenvalue weighted by atomic mass is 10.1. The van der Waals surface area contributed by atoms with Crippen LogP contribution in [0.1, 0.15) is 26.7 Å². The highest BCUT2D eigenvalue weighted by Crippen LogP contribution is 2.08. The summed E-state index contributed by atoms with van der Waals surface area (Å²) in [5.74, 6) is 0.638. The number of hydrogen-bond acceptors (Lipinski definition) is 1. The maximum atomic E-state index is 10.3. The Morgan fingerprint density at radius 3 is 2.00 bits per heavy atom. The van der Waals surface area contributed by atoms with Crippen molar-refractivity contribution in [2.45, 2.75) is 32.1 Å². The van der Waals surface area contributed by atoms with E-state index in [1.807, 2.05) is 0 Å². The Kier molecular flexibility index (Phi) is 4.38. The molecule has 0 aromatic rings. The van der Waals surface area contributed by atoms with Crippen LogP contribution < -0.4 is 0 Å². The van der Waals surface area contributed by atoms with Crippen LogP contribution in [0.25, 0.3) is 0 Å². The van der Waals surface area contributed by atoms with Crippen LogP contribution in [0.4, 0.5) is 0 Å². The molecule has 0 rings (SSSR count). The van der Waals surface area contributed by atoms with Crippen LogP contribution in [0.2, 0.25) is 0 Å². The average Bonchev–Trinajstić information content (AvgIpc) is 1.61. The van der Waals surface area contributed by atoms with Crippen LogP contribution in [0.5, 0.6) is 0 Å². The molecule has 1 radical (unpaired) electrons. The van der Waals surface area contributed by atoms with Gasteiger partial charge < -0.3 is 0 Å². The fraction of sp³-hybridized carbons (Fsp3) is 1.00. The Morgan fingerprint density at radius 1 is 1.38 bits per heavy atom. The van der Waals surface area contributed by atoms with E-state index >= 15 is 0 Å². The molecule has 2 heteroatoms. The van der Waals surface area contributed by atoms with Crippen molar-refractivity contribution in [1.82, 2.24) is 0 Å². The SMILES string of the molecule is CC(C)CCC([O])S. The lowest BCUT2D eigenvalue weighted by molar-refractivity contribution is 0.153. The summed E-state index contributed by atoms with van der Waals surface area (Å²) in [6.45, 7) is 4.21. The average molecular weight is 133 g/mol. The van der Waals surface area contributed by atoms with Gasteiger partial charge in [-0.2, -0.15) is 0 Å². The van der Waals surface area contributed by atoms with Gasteiger partial charge in [-0.25, -0.2) is 5.11 Å². The van der Waals surface area contributed by atoms with Crippen LogP contribution in [0, 0.1) is 5.92 Å². The molecule has 0 heterocycles.